The van der Waals surface area contributed by atoms with Crippen molar-refractivity contribution in [2.75, 3.05) is 6.54 Å². The summed E-state index contributed by atoms with van der Waals surface area (Å²) < 4.78 is 16.2. The van der Waals surface area contributed by atoms with Crippen LogP contribution >= 0.6 is 0 Å². The van der Waals surface area contributed by atoms with Crippen LogP contribution in [0.5, 0.6) is 0 Å². The molecule has 140 valence electrons. The molecule has 1 aliphatic heterocycles. The van der Waals surface area contributed by atoms with E-state index in [1.807, 2.05) is 15.7 Å². The van der Waals surface area contributed by atoms with Gasteiger partial charge in [-0.3, -0.25) is 9.89 Å². The van der Waals surface area contributed by atoms with Gasteiger partial charge in [-0.2, -0.15) is 5.10 Å². The number of aromatic amines is 1. The molecule has 0 bridgehead atoms. The summed E-state index contributed by atoms with van der Waals surface area (Å²) in [4.78, 5) is 18.9. The Morgan fingerprint density at radius 3 is 3.00 bits per heavy atom. The molecule has 0 fully saturated rings. The Hall–Kier alpha value is -2.96. The average molecular weight is 367 g/mol. The van der Waals surface area contributed by atoms with Crippen LogP contribution in [-0.4, -0.2) is 37.1 Å². The number of nitrogens with zero attached hydrogens (tertiary/aromatic N) is 4. The van der Waals surface area contributed by atoms with E-state index in [-0.39, 0.29) is 11.7 Å². The Morgan fingerprint density at radius 2 is 2.19 bits per heavy atom. The highest BCUT2D eigenvalue weighted by molar-refractivity contribution is 5.77. The van der Waals surface area contributed by atoms with Gasteiger partial charge in [0, 0.05) is 68.1 Å². The van der Waals surface area contributed by atoms with Crippen LogP contribution in [0.1, 0.15) is 30.4 Å². The number of carbonyl (C=O) groups is 1. The number of halogens is 1. The second kappa shape index (κ2) is 7.34. The summed E-state index contributed by atoms with van der Waals surface area (Å²) in [5, 5.41) is 7.33. The van der Waals surface area contributed by atoms with Gasteiger partial charge in [0.2, 0.25) is 5.91 Å². The van der Waals surface area contributed by atoms with Crippen molar-refractivity contribution < 1.29 is 9.18 Å². The molecule has 3 heterocycles. The Bertz CT molecular complexity index is 961. The van der Waals surface area contributed by atoms with Crippen LogP contribution < -0.4 is 0 Å². The fourth-order valence-corrected chi connectivity index (χ4v) is 3.62. The standard InChI is InChI=1S/C20H22FN5O/c1-2-18-22-9-12-25(18)11-8-19(27)26-10-7-17-15(13-26)20(24-23-17)14-5-3-4-6-16(14)21/h3-6,9,12H,2,7-8,10-11,13H2,1H3,(H,23,24). The van der Waals surface area contributed by atoms with Gasteiger partial charge in [-0.15, -0.1) is 0 Å². The molecule has 0 unspecified atom stereocenters. The lowest BCUT2D eigenvalue weighted by Crippen LogP contribution is -2.36. The first-order valence-electron chi connectivity index (χ1n) is 9.26. The number of H-pyrrole nitrogens is 1. The molecule has 6 nitrogen and oxygen atoms in total. The highest BCUT2D eigenvalue weighted by atomic mass is 19.1. The Labute approximate surface area is 157 Å². The van der Waals surface area contributed by atoms with Crippen LogP contribution in [-0.2, 0) is 30.7 Å². The van der Waals surface area contributed by atoms with E-state index >= 15 is 0 Å². The van der Waals surface area contributed by atoms with Crippen LogP contribution in [0.3, 0.4) is 0 Å². The van der Waals surface area contributed by atoms with Gasteiger partial charge in [0.1, 0.15) is 17.3 Å². The zero-order valence-electron chi connectivity index (χ0n) is 15.3. The third-order valence-corrected chi connectivity index (χ3v) is 5.10. The molecule has 4 rings (SSSR count). The van der Waals surface area contributed by atoms with E-state index in [1.54, 1.807) is 24.4 Å². The maximum atomic E-state index is 14.2. The summed E-state index contributed by atoms with van der Waals surface area (Å²) in [6.45, 7) is 3.78. The molecule has 0 atom stereocenters. The number of aromatic nitrogens is 4. The summed E-state index contributed by atoms with van der Waals surface area (Å²) >= 11 is 0. The van der Waals surface area contributed by atoms with Crippen molar-refractivity contribution in [3.05, 3.63) is 59.6 Å². The molecule has 2 aromatic heterocycles. The fraction of sp³-hybridized carbons (Fsp3) is 0.350. The van der Waals surface area contributed by atoms with Gasteiger partial charge in [0.25, 0.3) is 0 Å². The van der Waals surface area contributed by atoms with E-state index in [9.17, 15) is 9.18 Å². The molecule has 0 aliphatic carbocycles. The summed E-state index contributed by atoms with van der Waals surface area (Å²) in [5.74, 6) is 0.778. The molecule has 0 spiro atoms. The molecule has 3 aromatic rings. The minimum Gasteiger partial charge on any atom is -0.338 e. The first kappa shape index (κ1) is 17.5. The zero-order valence-corrected chi connectivity index (χ0v) is 15.3. The predicted octanol–water partition coefficient (Wildman–Crippen LogP) is 2.95. The third kappa shape index (κ3) is 3.37. The molecule has 7 heteroatoms. The molecule has 0 saturated heterocycles. The molecular weight excluding hydrogens is 345 g/mol. The second-order valence-corrected chi connectivity index (χ2v) is 6.71. The minimum atomic E-state index is -0.303. The summed E-state index contributed by atoms with van der Waals surface area (Å²) in [5.41, 5.74) is 2.97. The van der Waals surface area contributed by atoms with Crippen molar-refractivity contribution >= 4 is 5.91 Å². The summed E-state index contributed by atoms with van der Waals surface area (Å²) in [6.07, 6.45) is 5.64. The third-order valence-electron chi connectivity index (χ3n) is 5.10. The normalized spacial score (nSPS) is 13.6. The van der Waals surface area contributed by atoms with Gasteiger partial charge in [-0.25, -0.2) is 9.37 Å². The van der Waals surface area contributed by atoms with Gasteiger partial charge < -0.3 is 9.47 Å². The number of nitrogens with one attached hydrogen (secondary N) is 1. The average Bonchev–Trinajstić information content (AvgIpc) is 3.32. The van der Waals surface area contributed by atoms with Crippen molar-refractivity contribution in [3.8, 4) is 11.3 Å². The number of hydrogen-bond donors (Lipinski definition) is 1. The van der Waals surface area contributed by atoms with Crippen molar-refractivity contribution in [1.29, 1.82) is 0 Å². The number of fused-ring (bicyclic) bond motifs is 1. The van der Waals surface area contributed by atoms with Crippen LogP contribution in [0.15, 0.2) is 36.7 Å². The zero-order chi connectivity index (χ0) is 18.8. The van der Waals surface area contributed by atoms with Crippen LogP contribution in [0.25, 0.3) is 11.3 Å². The monoisotopic (exact) mass is 367 g/mol. The molecule has 1 amide bonds. The first-order valence-corrected chi connectivity index (χ1v) is 9.26. The van der Waals surface area contributed by atoms with E-state index in [2.05, 4.69) is 22.1 Å². The number of aryl methyl sites for hydroxylation is 2. The number of imidazole rings is 1. The number of rotatable bonds is 5. The molecular formula is C20H22FN5O. The van der Waals surface area contributed by atoms with Gasteiger partial charge in [-0.1, -0.05) is 19.1 Å². The Morgan fingerprint density at radius 1 is 1.33 bits per heavy atom. The van der Waals surface area contributed by atoms with Crippen molar-refractivity contribution in [3.63, 3.8) is 0 Å². The lowest BCUT2D eigenvalue weighted by atomic mass is 10.0. The lowest BCUT2D eigenvalue weighted by Gasteiger charge is -2.27. The maximum absolute atomic E-state index is 14.2. The molecule has 0 radical (unpaired) electrons. The highest BCUT2D eigenvalue weighted by Crippen LogP contribution is 2.30. The van der Waals surface area contributed by atoms with E-state index < -0.39 is 0 Å². The van der Waals surface area contributed by atoms with Gasteiger partial charge in [-0.05, 0) is 12.1 Å². The Balaban J connectivity index is 1.49. The van der Waals surface area contributed by atoms with E-state index in [1.165, 1.54) is 6.07 Å². The fourth-order valence-electron chi connectivity index (χ4n) is 3.62. The maximum Gasteiger partial charge on any atom is 0.224 e. The highest BCUT2D eigenvalue weighted by Gasteiger charge is 2.26. The van der Waals surface area contributed by atoms with Crippen LogP contribution in [0.2, 0.25) is 0 Å². The van der Waals surface area contributed by atoms with E-state index in [0.29, 0.717) is 43.7 Å². The van der Waals surface area contributed by atoms with E-state index in [0.717, 1.165) is 23.5 Å². The van der Waals surface area contributed by atoms with Gasteiger partial charge >= 0.3 is 0 Å². The van der Waals surface area contributed by atoms with Gasteiger partial charge in [0.15, 0.2) is 0 Å². The number of amides is 1. The van der Waals surface area contributed by atoms with Crippen LogP contribution in [0.4, 0.5) is 4.39 Å². The van der Waals surface area contributed by atoms with Crippen LogP contribution in [0, 0.1) is 5.82 Å². The predicted molar refractivity (Wildman–Crippen MR) is 99.3 cm³/mol. The first-order chi connectivity index (χ1) is 13.2. The smallest absolute Gasteiger partial charge is 0.224 e. The van der Waals surface area contributed by atoms with Crippen molar-refractivity contribution in [2.24, 2.45) is 0 Å². The lowest BCUT2D eigenvalue weighted by molar-refractivity contribution is -0.132. The second-order valence-electron chi connectivity index (χ2n) is 6.71. The number of hydrogen-bond acceptors (Lipinski definition) is 3. The molecule has 0 saturated carbocycles. The topological polar surface area (TPSA) is 66.8 Å². The van der Waals surface area contributed by atoms with Gasteiger partial charge in [0.05, 0.1) is 0 Å². The molecule has 1 aromatic carbocycles. The minimum absolute atomic E-state index is 0.0945. The Kier molecular flexibility index (Phi) is 4.75. The summed E-state index contributed by atoms with van der Waals surface area (Å²) in [6, 6.07) is 6.60. The molecule has 1 aliphatic rings. The molecule has 1 N–H and O–H groups in total. The quantitative estimate of drug-likeness (QED) is 0.754. The summed E-state index contributed by atoms with van der Waals surface area (Å²) in [7, 11) is 0. The van der Waals surface area contributed by atoms with Crippen molar-refractivity contribution in [2.45, 2.75) is 39.3 Å². The molecule has 27 heavy (non-hydrogen) atoms. The van der Waals surface area contributed by atoms with Crippen molar-refractivity contribution in [1.82, 2.24) is 24.6 Å². The number of carbonyl (C=O) groups excluding carboxylic acids is 1. The number of benzene rings is 1. The SMILES string of the molecule is CCc1nccn1CCC(=O)N1CCc2[nH]nc(-c3ccccc3F)c2C1. The van der Waals surface area contributed by atoms with E-state index in [4.69, 9.17) is 0 Å². The largest absolute Gasteiger partial charge is 0.338 e.